The molecule has 82 valence electrons. The minimum absolute atomic E-state index is 0.105. The van der Waals surface area contributed by atoms with Crippen molar-refractivity contribution < 1.29 is 13.2 Å². The SMILES string of the molecule is CN(N=O)C1CCC(C(F)(F)F)CC1. The lowest BCUT2D eigenvalue weighted by Gasteiger charge is -2.32. The fourth-order valence-electron chi connectivity index (χ4n) is 1.84. The van der Waals surface area contributed by atoms with E-state index in [1.54, 1.807) is 0 Å². The van der Waals surface area contributed by atoms with Crippen molar-refractivity contribution in [3.63, 3.8) is 0 Å². The Morgan fingerprint density at radius 2 is 1.71 bits per heavy atom. The second-order valence-electron chi connectivity index (χ2n) is 3.70. The van der Waals surface area contributed by atoms with Crippen molar-refractivity contribution in [2.24, 2.45) is 11.2 Å². The normalized spacial score (nSPS) is 28.6. The topological polar surface area (TPSA) is 32.7 Å². The number of hydrogen-bond donors (Lipinski definition) is 0. The van der Waals surface area contributed by atoms with E-state index in [2.05, 4.69) is 5.29 Å². The molecule has 0 amide bonds. The van der Waals surface area contributed by atoms with Gasteiger partial charge in [0.1, 0.15) is 0 Å². The number of halogens is 3. The van der Waals surface area contributed by atoms with Crippen molar-refractivity contribution in [3.05, 3.63) is 4.91 Å². The smallest absolute Gasteiger partial charge is 0.261 e. The second kappa shape index (κ2) is 4.14. The van der Waals surface area contributed by atoms with Gasteiger partial charge in [0.25, 0.3) is 0 Å². The van der Waals surface area contributed by atoms with Crippen molar-refractivity contribution in [2.45, 2.75) is 37.9 Å². The van der Waals surface area contributed by atoms with Crippen LogP contribution in [0.2, 0.25) is 0 Å². The van der Waals surface area contributed by atoms with Crippen LogP contribution in [0.3, 0.4) is 0 Å². The third-order valence-electron chi connectivity index (χ3n) is 2.82. The van der Waals surface area contributed by atoms with E-state index in [0.29, 0.717) is 12.8 Å². The average molecular weight is 210 g/mol. The van der Waals surface area contributed by atoms with Crippen LogP contribution < -0.4 is 0 Å². The lowest BCUT2D eigenvalue weighted by atomic mass is 9.85. The monoisotopic (exact) mass is 210 g/mol. The molecule has 0 atom stereocenters. The molecule has 1 aliphatic carbocycles. The summed E-state index contributed by atoms with van der Waals surface area (Å²) in [5, 5.41) is 3.92. The maximum atomic E-state index is 12.3. The van der Waals surface area contributed by atoms with Crippen LogP contribution in [0.25, 0.3) is 0 Å². The third kappa shape index (κ3) is 2.59. The molecule has 1 fully saturated rings. The van der Waals surface area contributed by atoms with Gasteiger partial charge in [0, 0.05) is 13.1 Å². The molecule has 1 saturated carbocycles. The van der Waals surface area contributed by atoms with Gasteiger partial charge in [-0.25, -0.2) is 0 Å². The molecule has 0 unspecified atom stereocenters. The maximum Gasteiger partial charge on any atom is 0.391 e. The molecule has 0 heterocycles. The van der Waals surface area contributed by atoms with Crippen LogP contribution in [0.4, 0.5) is 13.2 Å². The summed E-state index contributed by atoms with van der Waals surface area (Å²) in [7, 11) is 1.51. The van der Waals surface area contributed by atoms with Crippen molar-refractivity contribution in [1.29, 1.82) is 0 Å². The minimum atomic E-state index is -4.09. The summed E-state index contributed by atoms with van der Waals surface area (Å²) in [6.07, 6.45) is -3.08. The highest BCUT2D eigenvalue weighted by molar-refractivity contribution is 4.80. The Morgan fingerprint density at radius 3 is 2.07 bits per heavy atom. The molecule has 0 spiro atoms. The van der Waals surface area contributed by atoms with Gasteiger partial charge in [0.15, 0.2) is 0 Å². The van der Waals surface area contributed by atoms with Crippen LogP contribution in [0.5, 0.6) is 0 Å². The van der Waals surface area contributed by atoms with Gasteiger partial charge in [0.05, 0.1) is 11.2 Å². The van der Waals surface area contributed by atoms with Gasteiger partial charge < -0.3 is 0 Å². The largest absolute Gasteiger partial charge is 0.391 e. The zero-order valence-electron chi connectivity index (χ0n) is 7.92. The molecule has 0 aliphatic heterocycles. The van der Waals surface area contributed by atoms with E-state index in [1.165, 1.54) is 12.1 Å². The number of hydrogen-bond acceptors (Lipinski definition) is 2. The molecule has 1 rings (SSSR count). The van der Waals surface area contributed by atoms with Gasteiger partial charge in [-0.15, -0.1) is 4.91 Å². The highest BCUT2D eigenvalue weighted by Gasteiger charge is 2.41. The first-order chi connectivity index (χ1) is 6.45. The Morgan fingerprint density at radius 1 is 1.21 bits per heavy atom. The van der Waals surface area contributed by atoms with E-state index in [1.807, 2.05) is 0 Å². The predicted octanol–water partition coefficient (Wildman–Crippen LogP) is 2.72. The quantitative estimate of drug-likeness (QED) is 0.518. The number of rotatable bonds is 2. The van der Waals surface area contributed by atoms with Gasteiger partial charge in [-0.05, 0) is 25.7 Å². The van der Waals surface area contributed by atoms with E-state index in [9.17, 15) is 18.1 Å². The van der Waals surface area contributed by atoms with Gasteiger partial charge in [-0.3, -0.25) is 5.01 Å². The van der Waals surface area contributed by atoms with Crippen molar-refractivity contribution in [2.75, 3.05) is 7.05 Å². The Bertz CT molecular complexity index is 199. The molecule has 14 heavy (non-hydrogen) atoms. The van der Waals surface area contributed by atoms with Crippen LogP contribution in [-0.2, 0) is 0 Å². The van der Waals surface area contributed by atoms with E-state index in [-0.39, 0.29) is 18.9 Å². The third-order valence-corrected chi connectivity index (χ3v) is 2.82. The van der Waals surface area contributed by atoms with Gasteiger partial charge in [0.2, 0.25) is 0 Å². The molecule has 1 aliphatic rings. The highest BCUT2D eigenvalue weighted by Crippen LogP contribution is 2.38. The van der Waals surface area contributed by atoms with Crippen molar-refractivity contribution >= 4 is 0 Å². The molecule has 6 heteroatoms. The number of nitrogens with zero attached hydrogens (tertiary/aromatic N) is 2. The van der Waals surface area contributed by atoms with Crippen LogP contribution >= 0.6 is 0 Å². The zero-order chi connectivity index (χ0) is 10.8. The fourth-order valence-corrected chi connectivity index (χ4v) is 1.84. The molecule has 0 aromatic rings. The number of nitroso groups, excluding NO2 is 1. The van der Waals surface area contributed by atoms with Crippen LogP contribution in [0.1, 0.15) is 25.7 Å². The van der Waals surface area contributed by atoms with Crippen molar-refractivity contribution in [1.82, 2.24) is 5.01 Å². The zero-order valence-corrected chi connectivity index (χ0v) is 7.92. The first-order valence-corrected chi connectivity index (χ1v) is 4.58. The standard InChI is InChI=1S/C8H13F3N2O/c1-13(12-14)7-4-2-6(3-5-7)8(9,10)11/h6-7H,2-5H2,1H3. The second-order valence-corrected chi connectivity index (χ2v) is 3.70. The lowest BCUT2D eigenvalue weighted by Crippen LogP contribution is -2.35. The Balaban J connectivity index is 2.42. The molecule has 0 saturated heterocycles. The van der Waals surface area contributed by atoms with E-state index in [0.717, 1.165) is 0 Å². The summed E-state index contributed by atoms with van der Waals surface area (Å²) >= 11 is 0. The van der Waals surface area contributed by atoms with Crippen LogP contribution in [0, 0.1) is 10.8 Å². The van der Waals surface area contributed by atoms with E-state index >= 15 is 0 Å². The van der Waals surface area contributed by atoms with Gasteiger partial charge in [-0.2, -0.15) is 13.2 Å². The first kappa shape index (κ1) is 11.3. The Labute approximate surface area is 80.2 Å². The lowest BCUT2D eigenvalue weighted by molar-refractivity contribution is -0.184. The van der Waals surface area contributed by atoms with Crippen molar-refractivity contribution in [3.8, 4) is 0 Å². The molecular formula is C8H13F3N2O. The maximum absolute atomic E-state index is 12.3. The molecule has 0 bridgehead atoms. The summed E-state index contributed by atoms with van der Waals surface area (Å²) in [6, 6.07) is -0.119. The summed E-state index contributed by atoms with van der Waals surface area (Å²) in [5.74, 6) is -1.20. The average Bonchev–Trinajstić information content (AvgIpc) is 2.15. The summed E-state index contributed by atoms with van der Waals surface area (Å²) in [5.41, 5.74) is 0. The van der Waals surface area contributed by atoms with Crippen LogP contribution in [0.15, 0.2) is 5.29 Å². The van der Waals surface area contributed by atoms with Gasteiger partial charge in [-0.1, -0.05) is 0 Å². The Hall–Kier alpha value is -0.810. The fraction of sp³-hybridized carbons (Fsp3) is 1.00. The molecule has 0 N–H and O–H groups in total. The minimum Gasteiger partial charge on any atom is -0.261 e. The molecule has 0 aromatic heterocycles. The predicted molar refractivity (Wildman–Crippen MR) is 45.4 cm³/mol. The van der Waals surface area contributed by atoms with E-state index in [4.69, 9.17) is 0 Å². The molecular weight excluding hydrogens is 197 g/mol. The molecule has 0 radical (unpaired) electrons. The van der Waals surface area contributed by atoms with Gasteiger partial charge >= 0.3 is 6.18 Å². The summed E-state index contributed by atoms with van der Waals surface area (Å²) in [6.45, 7) is 0. The van der Waals surface area contributed by atoms with Crippen LogP contribution in [-0.4, -0.2) is 24.3 Å². The first-order valence-electron chi connectivity index (χ1n) is 4.58. The summed E-state index contributed by atoms with van der Waals surface area (Å²) in [4.78, 5) is 10.1. The van der Waals surface area contributed by atoms with E-state index < -0.39 is 12.1 Å². The number of alkyl halides is 3. The summed E-state index contributed by atoms with van der Waals surface area (Å²) < 4.78 is 36.8. The Kier molecular flexibility index (Phi) is 3.34. The molecule has 0 aromatic carbocycles. The molecule has 3 nitrogen and oxygen atoms in total. The highest BCUT2D eigenvalue weighted by atomic mass is 19.4.